The van der Waals surface area contributed by atoms with Gasteiger partial charge in [0.15, 0.2) is 0 Å². The van der Waals surface area contributed by atoms with Crippen molar-refractivity contribution in [2.24, 2.45) is 0 Å². The van der Waals surface area contributed by atoms with Gasteiger partial charge in [0.05, 0.1) is 11.8 Å². The molecule has 2 rings (SSSR count). The summed E-state index contributed by atoms with van der Waals surface area (Å²) in [4.78, 5) is 14.5. The number of aliphatic hydroxyl groups is 1. The van der Waals surface area contributed by atoms with E-state index in [1.165, 1.54) is 11.3 Å². The molecule has 2 heterocycles. The third-order valence-corrected chi connectivity index (χ3v) is 4.80. The molecule has 1 amide bonds. The first-order chi connectivity index (χ1) is 10.1. The smallest absolute Gasteiger partial charge is 0.263 e. The van der Waals surface area contributed by atoms with E-state index < -0.39 is 0 Å². The molecule has 1 aromatic heterocycles. The van der Waals surface area contributed by atoms with Crippen LogP contribution in [0.5, 0.6) is 0 Å². The molecule has 0 spiro atoms. The van der Waals surface area contributed by atoms with Crippen molar-refractivity contribution in [2.75, 3.05) is 30.3 Å². The Morgan fingerprint density at radius 2 is 2.24 bits per heavy atom. The van der Waals surface area contributed by atoms with Gasteiger partial charge in [0, 0.05) is 19.6 Å². The molecule has 0 radical (unpaired) electrons. The van der Waals surface area contributed by atoms with Crippen LogP contribution < -0.4 is 16.0 Å². The van der Waals surface area contributed by atoms with Gasteiger partial charge in [0.1, 0.15) is 21.5 Å². The van der Waals surface area contributed by atoms with E-state index in [0.29, 0.717) is 42.9 Å². The van der Waals surface area contributed by atoms with Crippen LogP contribution in [0.2, 0.25) is 0 Å². The first-order valence-electron chi connectivity index (χ1n) is 7.12. The van der Waals surface area contributed by atoms with Crippen molar-refractivity contribution in [1.29, 1.82) is 5.26 Å². The Bertz CT molecular complexity index is 556. The number of thiophene rings is 1. The van der Waals surface area contributed by atoms with Crippen LogP contribution in [-0.4, -0.2) is 36.8 Å². The molecule has 114 valence electrons. The average Bonchev–Trinajstić information content (AvgIpc) is 2.82. The predicted octanol–water partition coefficient (Wildman–Crippen LogP) is 1.30. The fourth-order valence-electron chi connectivity index (χ4n) is 2.32. The van der Waals surface area contributed by atoms with Crippen LogP contribution in [0.25, 0.3) is 0 Å². The highest BCUT2D eigenvalue weighted by Gasteiger charge is 2.26. The number of nitrogens with one attached hydrogen (secondary N) is 1. The number of nitrogens with two attached hydrogens (primary N) is 1. The molecule has 0 aliphatic carbocycles. The largest absolute Gasteiger partial charge is 0.396 e. The Balaban J connectivity index is 2.26. The third-order valence-electron chi connectivity index (χ3n) is 3.53. The molecule has 1 aliphatic heterocycles. The standard InChI is InChI=1S/C14H20N4O2S/c1-2-5-17-13(20)12-11(16)10(8-15)14(21-12)18-6-3-9(19)4-7-18/h9,19H,2-7,16H2,1H3,(H,17,20). The van der Waals surface area contributed by atoms with E-state index in [9.17, 15) is 15.2 Å². The fourth-order valence-corrected chi connectivity index (χ4v) is 3.46. The number of carbonyl (C=O) groups is 1. The van der Waals surface area contributed by atoms with E-state index in [1.54, 1.807) is 0 Å². The summed E-state index contributed by atoms with van der Waals surface area (Å²) in [6.07, 6.45) is 1.90. The summed E-state index contributed by atoms with van der Waals surface area (Å²) >= 11 is 1.26. The van der Waals surface area contributed by atoms with Crippen LogP contribution in [0.1, 0.15) is 41.4 Å². The van der Waals surface area contributed by atoms with Crippen molar-refractivity contribution in [3.8, 4) is 6.07 Å². The van der Waals surface area contributed by atoms with Crippen molar-refractivity contribution in [3.05, 3.63) is 10.4 Å². The zero-order chi connectivity index (χ0) is 15.4. The highest BCUT2D eigenvalue weighted by molar-refractivity contribution is 7.19. The van der Waals surface area contributed by atoms with Crippen LogP contribution in [0, 0.1) is 11.3 Å². The first-order valence-corrected chi connectivity index (χ1v) is 7.93. The molecular formula is C14H20N4O2S. The van der Waals surface area contributed by atoms with Crippen molar-refractivity contribution < 1.29 is 9.90 Å². The molecule has 4 N–H and O–H groups in total. The summed E-state index contributed by atoms with van der Waals surface area (Å²) in [7, 11) is 0. The van der Waals surface area contributed by atoms with Crippen LogP contribution in [-0.2, 0) is 0 Å². The van der Waals surface area contributed by atoms with E-state index in [-0.39, 0.29) is 17.7 Å². The number of nitrogens with zero attached hydrogens (tertiary/aromatic N) is 2. The molecule has 6 nitrogen and oxygen atoms in total. The van der Waals surface area contributed by atoms with Gasteiger partial charge >= 0.3 is 0 Å². The van der Waals surface area contributed by atoms with Gasteiger partial charge < -0.3 is 21.1 Å². The maximum absolute atomic E-state index is 12.1. The SMILES string of the molecule is CCCNC(=O)c1sc(N2CCC(O)CC2)c(C#N)c1N. The van der Waals surface area contributed by atoms with Gasteiger partial charge in [0.2, 0.25) is 0 Å². The zero-order valence-electron chi connectivity index (χ0n) is 12.1. The highest BCUT2D eigenvalue weighted by Crippen LogP contribution is 2.38. The van der Waals surface area contributed by atoms with Crippen LogP contribution in [0.15, 0.2) is 0 Å². The Morgan fingerprint density at radius 1 is 1.57 bits per heavy atom. The van der Waals surface area contributed by atoms with Crippen molar-refractivity contribution in [2.45, 2.75) is 32.3 Å². The van der Waals surface area contributed by atoms with Crippen LogP contribution in [0.3, 0.4) is 0 Å². The van der Waals surface area contributed by atoms with E-state index in [0.717, 1.165) is 11.4 Å². The molecule has 0 bridgehead atoms. The van der Waals surface area contributed by atoms with Gasteiger partial charge in [-0.15, -0.1) is 11.3 Å². The fraction of sp³-hybridized carbons (Fsp3) is 0.571. The Hall–Kier alpha value is -1.78. The molecule has 1 saturated heterocycles. The van der Waals surface area contributed by atoms with Gasteiger partial charge in [0.25, 0.3) is 5.91 Å². The van der Waals surface area contributed by atoms with Crippen molar-refractivity contribution in [1.82, 2.24) is 5.32 Å². The number of nitriles is 1. The van der Waals surface area contributed by atoms with E-state index >= 15 is 0 Å². The summed E-state index contributed by atoms with van der Waals surface area (Å²) in [6.45, 7) is 3.91. The molecule has 0 saturated carbocycles. The van der Waals surface area contributed by atoms with Crippen LogP contribution >= 0.6 is 11.3 Å². The monoisotopic (exact) mass is 308 g/mol. The molecule has 0 aromatic carbocycles. The number of amides is 1. The van der Waals surface area contributed by atoms with E-state index in [4.69, 9.17) is 5.73 Å². The molecular weight excluding hydrogens is 288 g/mol. The van der Waals surface area contributed by atoms with Crippen molar-refractivity contribution in [3.63, 3.8) is 0 Å². The molecule has 21 heavy (non-hydrogen) atoms. The van der Waals surface area contributed by atoms with Gasteiger partial charge in [-0.25, -0.2) is 0 Å². The summed E-state index contributed by atoms with van der Waals surface area (Å²) in [6, 6.07) is 2.10. The maximum Gasteiger partial charge on any atom is 0.263 e. The molecule has 1 aliphatic rings. The zero-order valence-corrected chi connectivity index (χ0v) is 12.9. The number of anilines is 2. The predicted molar refractivity (Wildman–Crippen MR) is 83.5 cm³/mol. The lowest BCUT2D eigenvalue weighted by Gasteiger charge is -2.30. The lowest BCUT2D eigenvalue weighted by atomic mass is 10.1. The number of nitrogen functional groups attached to an aromatic ring is 1. The van der Waals surface area contributed by atoms with Gasteiger partial charge in [-0.2, -0.15) is 5.26 Å². The van der Waals surface area contributed by atoms with Crippen molar-refractivity contribution >= 4 is 27.9 Å². The third kappa shape index (κ3) is 3.28. The summed E-state index contributed by atoms with van der Waals surface area (Å²) in [5, 5.41) is 22.4. The quantitative estimate of drug-likeness (QED) is 0.778. The number of rotatable bonds is 4. The molecule has 0 atom stereocenters. The normalized spacial score (nSPS) is 15.8. The molecule has 1 aromatic rings. The minimum absolute atomic E-state index is 0.223. The number of piperidine rings is 1. The number of carbonyl (C=O) groups excluding carboxylic acids is 1. The lowest BCUT2D eigenvalue weighted by Crippen LogP contribution is -2.35. The minimum Gasteiger partial charge on any atom is -0.396 e. The van der Waals surface area contributed by atoms with E-state index in [1.807, 2.05) is 11.8 Å². The Morgan fingerprint density at radius 3 is 2.81 bits per heavy atom. The minimum atomic E-state index is -0.281. The molecule has 0 unspecified atom stereocenters. The second-order valence-corrected chi connectivity index (χ2v) is 6.11. The molecule has 7 heteroatoms. The average molecular weight is 308 g/mol. The second-order valence-electron chi connectivity index (χ2n) is 5.11. The number of aliphatic hydroxyl groups excluding tert-OH is 1. The highest BCUT2D eigenvalue weighted by atomic mass is 32.1. The topological polar surface area (TPSA) is 102 Å². The first kappa shape index (κ1) is 15.6. The number of hydrogen-bond donors (Lipinski definition) is 3. The van der Waals surface area contributed by atoms with Gasteiger partial charge in [-0.1, -0.05) is 6.92 Å². The van der Waals surface area contributed by atoms with Crippen LogP contribution in [0.4, 0.5) is 10.7 Å². The Kier molecular flexibility index (Phi) is 5.04. The maximum atomic E-state index is 12.1. The van der Waals surface area contributed by atoms with Gasteiger partial charge in [-0.3, -0.25) is 4.79 Å². The number of hydrogen-bond acceptors (Lipinski definition) is 6. The molecule has 1 fully saturated rings. The summed E-state index contributed by atoms with van der Waals surface area (Å²) < 4.78 is 0. The summed E-state index contributed by atoms with van der Waals surface area (Å²) in [5.41, 5.74) is 6.61. The lowest BCUT2D eigenvalue weighted by molar-refractivity contribution is 0.0958. The second kappa shape index (κ2) is 6.78. The summed E-state index contributed by atoms with van der Waals surface area (Å²) in [5.74, 6) is -0.223. The van der Waals surface area contributed by atoms with Gasteiger partial charge in [-0.05, 0) is 19.3 Å². The van der Waals surface area contributed by atoms with E-state index in [2.05, 4.69) is 11.4 Å². The Labute approximate surface area is 128 Å².